The number of aromatic nitrogens is 2. The molecule has 0 saturated heterocycles. The van der Waals surface area contributed by atoms with Gasteiger partial charge in [0, 0.05) is 63.1 Å². The van der Waals surface area contributed by atoms with Gasteiger partial charge in [-0.05, 0) is 149 Å². The number of nitrogens with zero attached hydrogens (tertiary/aromatic N) is 4. The molecule has 0 fully saturated rings. The van der Waals surface area contributed by atoms with Crippen LogP contribution < -0.4 is 19.3 Å². The second-order valence-corrected chi connectivity index (χ2v) is 21.6. The molecular weight excluding hydrogens is 1040 g/mol. The highest BCUT2D eigenvalue weighted by atomic mass is 16.5. The van der Waals surface area contributed by atoms with Crippen molar-refractivity contribution >= 4 is 44.6 Å². The van der Waals surface area contributed by atoms with Crippen molar-refractivity contribution in [2.75, 3.05) is 16.5 Å². The molecule has 0 unspecified atom stereocenters. The number of ether oxygens (including phenoxy) is 2. The van der Waals surface area contributed by atoms with E-state index in [1.165, 1.54) is 16.7 Å². The summed E-state index contributed by atoms with van der Waals surface area (Å²) in [4.78, 5) is 8.93. The topological polar surface area (TPSA) is 42.8 Å². The molecule has 85 heavy (non-hydrogen) atoms. The van der Waals surface area contributed by atoms with Gasteiger partial charge in [0.25, 0.3) is 0 Å². The Balaban J connectivity index is 0.824. The summed E-state index contributed by atoms with van der Waals surface area (Å²) in [5.74, 6) is 3.19. The minimum Gasteiger partial charge on any atom is -0.457 e. The second kappa shape index (κ2) is 21.4. The molecule has 0 amide bonds. The maximum atomic E-state index is 9.17. The fraction of sp³-hybridized carbons (Fsp3) is 0.101. The first-order valence-electron chi connectivity index (χ1n) is 36.2. The molecule has 408 valence electrons. The maximum absolute atomic E-state index is 9.17. The van der Waals surface area contributed by atoms with Gasteiger partial charge in [0.05, 0.1) is 48.7 Å². The Morgan fingerprint density at radius 1 is 0.435 bits per heavy atom. The van der Waals surface area contributed by atoms with Crippen LogP contribution in [0, 0.1) is 0 Å². The standard InChI is InChI=1S/C79H60N4O2/c1-6-22-53(23-7-1)59-42-45-70-69(48-59)66-44-43-62(84-61-35-20-34-60(49-61)81-52-82(72-41-17-16-40-71(72)81)78-64(54-24-8-2-9-25-54)36-21-37-65(78)55-26-10-3-11-27-55)50-73(66)83(70)74-51-63(46-47-80-74)85-79-76(57-28-12-4-13-29-57)67-38-18-32-56-33-19-39-68(75(56)67)77(79)58-30-14-5-15-31-58/h1-17,20-31,34-37,40-51,56H,18-19,32-33,38-39,52H2/i1D,2D,3D,6D,7D,8D,9D,10D,11D,22D,23D,24D,25D,26D,27D. The summed E-state index contributed by atoms with van der Waals surface area (Å²) in [6, 6.07) is 48.4. The van der Waals surface area contributed by atoms with Crippen LogP contribution in [0.4, 0.5) is 22.7 Å². The molecule has 6 heteroatoms. The van der Waals surface area contributed by atoms with E-state index in [2.05, 4.69) is 48.5 Å². The predicted molar refractivity (Wildman–Crippen MR) is 349 cm³/mol. The lowest BCUT2D eigenvalue weighted by atomic mass is 9.69. The van der Waals surface area contributed by atoms with E-state index in [-0.39, 0.29) is 52.3 Å². The van der Waals surface area contributed by atoms with E-state index >= 15 is 0 Å². The van der Waals surface area contributed by atoms with Crippen LogP contribution >= 0.6 is 0 Å². The SMILES string of the molecule is [2H]c1c([2H])c([2H])c(-c2ccc3c(c2)c2ccc(Oc4cccc(N5CN(c6c(-c7c([2H])c([2H])c([2H])c([2H])c7[2H])cccc6-c6c([2H])c([2H])c([2H])c([2H])c6[2H])c6ccccc65)c4)cc2n3-c2cc(Oc3c(-c4ccccc4)c4c5c(c3-c3ccccc3)CCCC5CCC4)ccn2)c([2H])c1[2H]. The minimum absolute atomic E-state index is 0.0338. The molecule has 0 spiro atoms. The van der Waals surface area contributed by atoms with E-state index in [4.69, 9.17) is 29.5 Å². The van der Waals surface area contributed by atoms with Crippen LogP contribution in [0.1, 0.15) is 68.9 Å². The highest BCUT2D eigenvalue weighted by Crippen LogP contribution is 2.55. The van der Waals surface area contributed by atoms with Gasteiger partial charge in [0.15, 0.2) is 0 Å². The van der Waals surface area contributed by atoms with E-state index in [9.17, 15) is 5.48 Å². The fourth-order valence-electron chi connectivity index (χ4n) is 13.3. The quantitative estimate of drug-likeness (QED) is 0.122. The molecule has 3 heterocycles. The summed E-state index contributed by atoms with van der Waals surface area (Å²) in [5, 5.41) is 1.46. The highest BCUT2D eigenvalue weighted by molar-refractivity contribution is 6.11. The summed E-state index contributed by atoms with van der Waals surface area (Å²) in [6.07, 6.45) is 8.10. The van der Waals surface area contributed by atoms with Crippen molar-refractivity contribution in [1.29, 1.82) is 0 Å². The summed E-state index contributed by atoms with van der Waals surface area (Å²) in [7, 11) is 0. The Bertz CT molecular complexity index is 5340. The third kappa shape index (κ3) is 9.00. The molecule has 2 aromatic heterocycles. The van der Waals surface area contributed by atoms with Crippen LogP contribution in [0.2, 0.25) is 0 Å². The number of hydrogen-bond acceptors (Lipinski definition) is 5. The van der Waals surface area contributed by atoms with Gasteiger partial charge in [-0.25, -0.2) is 4.98 Å². The number of pyridine rings is 1. The van der Waals surface area contributed by atoms with Crippen LogP contribution in [-0.4, -0.2) is 16.2 Å². The number of anilines is 4. The van der Waals surface area contributed by atoms with E-state index in [0.29, 0.717) is 68.0 Å². The number of fused-ring (bicyclic) bond motifs is 4. The molecule has 3 aliphatic rings. The summed E-state index contributed by atoms with van der Waals surface area (Å²) < 4.78 is 148. The predicted octanol–water partition coefficient (Wildman–Crippen LogP) is 21.1. The molecule has 13 aromatic rings. The van der Waals surface area contributed by atoms with Crippen molar-refractivity contribution in [3.05, 3.63) is 289 Å². The molecule has 0 atom stereocenters. The van der Waals surface area contributed by atoms with Crippen LogP contribution in [-0.2, 0) is 12.8 Å². The van der Waals surface area contributed by atoms with Gasteiger partial charge in [-0.3, -0.25) is 4.57 Å². The first-order chi connectivity index (χ1) is 48.4. The van der Waals surface area contributed by atoms with E-state index in [0.717, 1.165) is 71.9 Å². The van der Waals surface area contributed by atoms with Gasteiger partial charge < -0.3 is 19.3 Å². The summed E-state index contributed by atoms with van der Waals surface area (Å²) >= 11 is 0. The highest BCUT2D eigenvalue weighted by Gasteiger charge is 2.35. The van der Waals surface area contributed by atoms with Crippen LogP contribution in [0.15, 0.2) is 273 Å². The van der Waals surface area contributed by atoms with Gasteiger partial charge in [-0.2, -0.15) is 0 Å². The lowest BCUT2D eigenvalue weighted by Crippen LogP contribution is -2.24. The van der Waals surface area contributed by atoms with E-state index in [1.807, 2.05) is 117 Å². The first-order valence-corrected chi connectivity index (χ1v) is 28.7. The Morgan fingerprint density at radius 2 is 1.02 bits per heavy atom. The van der Waals surface area contributed by atoms with Crippen molar-refractivity contribution in [1.82, 2.24) is 9.55 Å². The van der Waals surface area contributed by atoms with Gasteiger partial charge >= 0.3 is 0 Å². The zero-order valence-electron chi connectivity index (χ0n) is 61.0. The molecule has 16 rings (SSSR count). The van der Waals surface area contributed by atoms with Gasteiger partial charge in [-0.15, -0.1) is 0 Å². The van der Waals surface area contributed by atoms with E-state index in [1.54, 1.807) is 30.5 Å². The molecule has 0 bridgehead atoms. The maximum Gasteiger partial charge on any atom is 0.143 e. The minimum atomic E-state index is -0.584. The Hall–Kier alpha value is -10.4. The first kappa shape index (κ1) is 36.9. The Morgan fingerprint density at radius 3 is 1.68 bits per heavy atom. The zero-order chi connectivity index (χ0) is 69.3. The molecule has 6 nitrogen and oxygen atoms in total. The van der Waals surface area contributed by atoms with Crippen molar-refractivity contribution in [2.24, 2.45) is 0 Å². The smallest absolute Gasteiger partial charge is 0.143 e. The van der Waals surface area contributed by atoms with Crippen molar-refractivity contribution in [2.45, 2.75) is 44.4 Å². The van der Waals surface area contributed by atoms with Crippen molar-refractivity contribution in [3.63, 3.8) is 0 Å². The molecule has 2 aliphatic carbocycles. The van der Waals surface area contributed by atoms with Crippen molar-refractivity contribution < 1.29 is 30.0 Å². The summed E-state index contributed by atoms with van der Waals surface area (Å²) in [6.45, 7) is 0.0338. The molecule has 0 radical (unpaired) electrons. The van der Waals surface area contributed by atoms with Gasteiger partial charge in [0.1, 0.15) is 35.5 Å². The lowest BCUT2D eigenvalue weighted by molar-refractivity contribution is 0.461. The lowest BCUT2D eigenvalue weighted by Gasteiger charge is -2.36. The summed E-state index contributed by atoms with van der Waals surface area (Å²) in [5.41, 5.74) is 12.7. The fourth-order valence-corrected chi connectivity index (χ4v) is 13.3. The average Bonchev–Trinajstić information content (AvgIpc) is 1.16. The monoisotopic (exact) mass is 1110 g/mol. The second-order valence-electron chi connectivity index (χ2n) is 21.6. The van der Waals surface area contributed by atoms with Crippen molar-refractivity contribution in [3.8, 4) is 84.5 Å². The number of rotatable bonds is 12. The van der Waals surface area contributed by atoms with Crippen LogP contribution in [0.3, 0.4) is 0 Å². The third-order valence-corrected chi connectivity index (χ3v) is 16.8. The number of hydrogen-bond donors (Lipinski definition) is 0. The van der Waals surface area contributed by atoms with Crippen LogP contribution in [0.5, 0.6) is 23.0 Å². The average molecular weight is 1110 g/mol. The molecule has 11 aromatic carbocycles. The van der Waals surface area contributed by atoms with Gasteiger partial charge in [-0.1, -0.05) is 194 Å². The Kier molecular flexibility index (Phi) is 9.29. The zero-order valence-corrected chi connectivity index (χ0v) is 46.0. The third-order valence-electron chi connectivity index (χ3n) is 16.8. The Labute approximate surface area is 517 Å². The molecular formula is C79H60N4O2. The molecule has 1 aliphatic heterocycles. The normalized spacial score (nSPS) is 16.2. The van der Waals surface area contributed by atoms with E-state index < -0.39 is 78.6 Å². The molecule has 0 N–H and O–H groups in total. The largest absolute Gasteiger partial charge is 0.457 e. The van der Waals surface area contributed by atoms with Gasteiger partial charge in [0.2, 0.25) is 0 Å². The number of benzene rings is 11. The number of para-hydroxylation sites is 3. The molecule has 0 saturated carbocycles. The van der Waals surface area contributed by atoms with Crippen LogP contribution in [0.25, 0.3) is 83.3 Å².